The van der Waals surface area contributed by atoms with Crippen molar-refractivity contribution < 1.29 is 9.59 Å². The molecule has 1 aromatic carbocycles. The number of hydrogen-bond acceptors (Lipinski definition) is 4. The van der Waals surface area contributed by atoms with Gasteiger partial charge in [0.2, 0.25) is 5.91 Å². The van der Waals surface area contributed by atoms with Gasteiger partial charge in [-0.25, -0.2) is 0 Å². The van der Waals surface area contributed by atoms with Crippen LogP contribution in [0.15, 0.2) is 29.2 Å². The van der Waals surface area contributed by atoms with Crippen molar-refractivity contribution in [2.75, 3.05) is 32.7 Å². The minimum absolute atomic E-state index is 0.0287. The summed E-state index contributed by atoms with van der Waals surface area (Å²) in [6, 6.07) is 7.01. The number of benzene rings is 1. The van der Waals surface area contributed by atoms with Crippen molar-refractivity contribution in [1.82, 2.24) is 15.5 Å². The number of nitrogens with zero attached hydrogens (tertiary/aromatic N) is 1. The maximum Gasteiger partial charge on any atom is 0.252 e. The van der Waals surface area contributed by atoms with E-state index in [0.717, 1.165) is 13.1 Å². The van der Waals surface area contributed by atoms with Crippen LogP contribution in [0.5, 0.6) is 0 Å². The molecule has 102 valence electrons. The molecule has 2 rings (SSSR count). The quantitative estimate of drug-likeness (QED) is 0.690. The second-order valence-electron chi connectivity index (χ2n) is 4.33. The second kappa shape index (κ2) is 6.58. The molecule has 19 heavy (non-hydrogen) atoms. The molecule has 0 atom stereocenters. The molecule has 2 amide bonds. The topological polar surface area (TPSA) is 61.4 Å². The van der Waals surface area contributed by atoms with Crippen LogP contribution in [0.1, 0.15) is 10.4 Å². The first-order chi connectivity index (χ1) is 9.18. The van der Waals surface area contributed by atoms with Gasteiger partial charge >= 0.3 is 0 Å². The van der Waals surface area contributed by atoms with E-state index in [-0.39, 0.29) is 18.4 Å². The number of piperazine rings is 1. The number of rotatable bonds is 3. The largest absolute Gasteiger partial charge is 0.343 e. The minimum Gasteiger partial charge on any atom is -0.343 e. The lowest BCUT2D eigenvalue weighted by Crippen LogP contribution is -2.49. The maximum atomic E-state index is 11.9. The summed E-state index contributed by atoms with van der Waals surface area (Å²) in [5.41, 5.74) is 0.485. The summed E-state index contributed by atoms with van der Waals surface area (Å²) in [5.74, 6) is -0.319. The first-order valence-electron chi connectivity index (χ1n) is 6.23. The number of carbonyl (C=O) groups excluding carboxylic acids is 2. The molecule has 6 heteroatoms. The van der Waals surface area contributed by atoms with Crippen molar-refractivity contribution in [3.63, 3.8) is 0 Å². The van der Waals surface area contributed by atoms with Crippen LogP contribution in [0.3, 0.4) is 0 Å². The predicted octanol–water partition coefficient (Wildman–Crippen LogP) is 0.137. The molecule has 0 radical (unpaired) electrons. The van der Waals surface area contributed by atoms with E-state index >= 15 is 0 Å². The van der Waals surface area contributed by atoms with Crippen LogP contribution in [-0.4, -0.2) is 49.4 Å². The van der Waals surface area contributed by atoms with Crippen LogP contribution in [0, 0.1) is 0 Å². The van der Waals surface area contributed by atoms with Crippen molar-refractivity contribution in [3.8, 4) is 0 Å². The molecule has 0 saturated carbocycles. The average molecular weight is 279 g/mol. The first kappa shape index (κ1) is 13.9. The molecule has 0 aromatic heterocycles. The van der Waals surface area contributed by atoms with E-state index in [9.17, 15) is 9.59 Å². The van der Waals surface area contributed by atoms with E-state index in [1.807, 2.05) is 6.07 Å². The van der Waals surface area contributed by atoms with Gasteiger partial charge in [-0.15, -0.1) is 12.6 Å². The van der Waals surface area contributed by atoms with Gasteiger partial charge in [-0.3, -0.25) is 9.59 Å². The molecule has 5 nitrogen and oxygen atoms in total. The summed E-state index contributed by atoms with van der Waals surface area (Å²) in [7, 11) is 0. The molecular formula is C13H17N3O2S. The Kier molecular flexibility index (Phi) is 4.81. The highest BCUT2D eigenvalue weighted by Gasteiger charge is 2.17. The summed E-state index contributed by atoms with van der Waals surface area (Å²) >= 11 is 4.22. The van der Waals surface area contributed by atoms with Crippen molar-refractivity contribution in [1.29, 1.82) is 0 Å². The molecule has 1 saturated heterocycles. The van der Waals surface area contributed by atoms with Crippen LogP contribution in [0.4, 0.5) is 0 Å². The van der Waals surface area contributed by atoms with Crippen LogP contribution in [0.25, 0.3) is 0 Å². The van der Waals surface area contributed by atoms with Crippen molar-refractivity contribution in [2.24, 2.45) is 0 Å². The summed E-state index contributed by atoms with van der Waals surface area (Å²) in [6.07, 6.45) is 0. The predicted molar refractivity (Wildman–Crippen MR) is 75.5 cm³/mol. The third-order valence-corrected chi connectivity index (χ3v) is 3.41. The zero-order valence-electron chi connectivity index (χ0n) is 10.6. The van der Waals surface area contributed by atoms with E-state index in [0.29, 0.717) is 23.5 Å². The van der Waals surface area contributed by atoms with Gasteiger partial charge in [0.15, 0.2) is 0 Å². The molecular weight excluding hydrogens is 262 g/mol. The van der Waals surface area contributed by atoms with Crippen LogP contribution in [-0.2, 0) is 4.79 Å². The van der Waals surface area contributed by atoms with Crippen LogP contribution >= 0.6 is 12.6 Å². The van der Waals surface area contributed by atoms with Gasteiger partial charge in [0.1, 0.15) is 0 Å². The minimum atomic E-state index is -0.269. The third-order valence-electron chi connectivity index (χ3n) is 3.02. The van der Waals surface area contributed by atoms with E-state index in [4.69, 9.17) is 0 Å². The summed E-state index contributed by atoms with van der Waals surface area (Å²) in [6.45, 7) is 3.02. The highest BCUT2D eigenvalue weighted by Crippen LogP contribution is 2.12. The smallest absolute Gasteiger partial charge is 0.252 e. The fourth-order valence-electron chi connectivity index (χ4n) is 1.94. The zero-order valence-corrected chi connectivity index (χ0v) is 11.5. The van der Waals surface area contributed by atoms with Gasteiger partial charge in [-0.05, 0) is 12.1 Å². The Morgan fingerprint density at radius 3 is 2.63 bits per heavy atom. The monoisotopic (exact) mass is 279 g/mol. The number of thiol groups is 1. The number of carbonyl (C=O) groups is 2. The summed E-state index contributed by atoms with van der Waals surface area (Å²) in [5, 5.41) is 5.81. The Morgan fingerprint density at radius 1 is 1.26 bits per heavy atom. The Bertz CT molecular complexity index is 473. The van der Waals surface area contributed by atoms with E-state index in [2.05, 4.69) is 23.3 Å². The molecule has 0 unspecified atom stereocenters. The fraction of sp³-hybridized carbons (Fsp3) is 0.385. The zero-order chi connectivity index (χ0) is 13.7. The molecule has 0 spiro atoms. The lowest BCUT2D eigenvalue weighted by Gasteiger charge is -2.27. The van der Waals surface area contributed by atoms with E-state index in [1.54, 1.807) is 23.1 Å². The number of amides is 2. The van der Waals surface area contributed by atoms with Gasteiger partial charge in [0, 0.05) is 31.1 Å². The van der Waals surface area contributed by atoms with Gasteiger partial charge in [-0.1, -0.05) is 12.1 Å². The van der Waals surface area contributed by atoms with Crippen LogP contribution in [0.2, 0.25) is 0 Å². The van der Waals surface area contributed by atoms with Crippen molar-refractivity contribution in [3.05, 3.63) is 29.8 Å². The SMILES string of the molecule is O=C(NCC(=O)N1CCNCC1)c1ccccc1S. The number of hydrogen-bond donors (Lipinski definition) is 3. The molecule has 1 aliphatic rings. The van der Waals surface area contributed by atoms with Gasteiger partial charge in [0.25, 0.3) is 5.91 Å². The molecule has 0 aliphatic carbocycles. The average Bonchev–Trinajstić information content (AvgIpc) is 2.46. The highest BCUT2D eigenvalue weighted by atomic mass is 32.1. The van der Waals surface area contributed by atoms with Gasteiger partial charge in [-0.2, -0.15) is 0 Å². The highest BCUT2D eigenvalue weighted by molar-refractivity contribution is 7.80. The standard InChI is InChI=1S/C13H17N3O2S/c17-12(16-7-5-14-6-8-16)9-15-13(18)10-3-1-2-4-11(10)19/h1-4,14,19H,5-9H2,(H,15,18). The molecule has 2 N–H and O–H groups in total. The lowest BCUT2D eigenvalue weighted by molar-refractivity contribution is -0.130. The first-order valence-corrected chi connectivity index (χ1v) is 6.68. The van der Waals surface area contributed by atoms with E-state index < -0.39 is 0 Å². The second-order valence-corrected chi connectivity index (χ2v) is 4.81. The fourth-order valence-corrected chi connectivity index (χ4v) is 2.20. The Balaban J connectivity index is 1.86. The maximum absolute atomic E-state index is 11.9. The van der Waals surface area contributed by atoms with Crippen LogP contribution < -0.4 is 10.6 Å². The summed E-state index contributed by atoms with van der Waals surface area (Å²) in [4.78, 5) is 26.2. The molecule has 1 fully saturated rings. The van der Waals surface area contributed by atoms with Crippen molar-refractivity contribution >= 4 is 24.4 Å². The summed E-state index contributed by atoms with van der Waals surface area (Å²) < 4.78 is 0. The Morgan fingerprint density at radius 2 is 1.95 bits per heavy atom. The molecule has 1 heterocycles. The van der Waals surface area contributed by atoms with Crippen molar-refractivity contribution in [2.45, 2.75) is 4.90 Å². The number of nitrogens with one attached hydrogen (secondary N) is 2. The van der Waals surface area contributed by atoms with Gasteiger partial charge in [0.05, 0.1) is 12.1 Å². The normalized spacial score (nSPS) is 15.1. The molecule has 0 bridgehead atoms. The molecule has 1 aliphatic heterocycles. The Hall–Kier alpha value is -1.53. The lowest BCUT2D eigenvalue weighted by atomic mass is 10.2. The van der Waals surface area contributed by atoms with E-state index in [1.165, 1.54) is 0 Å². The van der Waals surface area contributed by atoms with Gasteiger partial charge < -0.3 is 15.5 Å². The Labute approximate surface area is 117 Å². The third kappa shape index (κ3) is 3.71. The molecule has 1 aromatic rings.